The van der Waals surface area contributed by atoms with E-state index in [0.29, 0.717) is 38.5 Å². The monoisotopic (exact) mass is 355 g/mol. The minimum absolute atomic E-state index is 0.0262. The summed E-state index contributed by atoms with van der Waals surface area (Å²) in [5.74, 6) is 2.17. The van der Waals surface area contributed by atoms with Crippen molar-refractivity contribution in [3.05, 3.63) is 59.7 Å². The fourth-order valence-corrected chi connectivity index (χ4v) is 2.59. The van der Waals surface area contributed by atoms with Gasteiger partial charge in [0.1, 0.15) is 18.1 Å². The van der Waals surface area contributed by atoms with Gasteiger partial charge in [0.05, 0.1) is 13.2 Å². The molecule has 0 saturated heterocycles. The van der Waals surface area contributed by atoms with E-state index in [-0.39, 0.29) is 5.91 Å². The molecule has 2 aromatic carbocycles. The molecule has 2 rings (SSSR count). The number of para-hydroxylation sites is 1. The molecule has 0 aliphatic rings. The predicted octanol–water partition coefficient (Wildman–Crippen LogP) is 4.47. The van der Waals surface area contributed by atoms with Crippen LogP contribution in [0.2, 0.25) is 0 Å². The van der Waals surface area contributed by atoms with Gasteiger partial charge < -0.3 is 14.8 Å². The molecule has 2 aromatic rings. The molecule has 0 heterocycles. The van der Waals surface area contributed by atoms with E-state index < -0.39 is 0 Å². The van der Waals surface area contributed by atoms with Gasteiger partial charge in [0, 0.05) is 6.42 Å². The molecular formula is C22H29NO3. The van der Waals surface area contributed by atoms with E-state index in [2.05, 4.69) is 25.2 Å². The number of benzene rings is 2. The standard InChI is InChI=1S/C22H29NO3/c1-17(2)20-7-4-5-8-21(20)26-16-14-23-22(24)9-6-15-25-19-12-10-18(3)11-13-19/h4-5,7-8,10-13,17H,6,9,14-16H2,1-3H3,(H,23,24). The molecule has 0 unspecified atom stereocenters. The van der Waals surface area contributed by atoms with Crippen molar-refractivity contribution in [1.29, 1.82) is 0 Å². The van der Waals surface area contributed by atoms with Crippen LogP contribution in [-0.4, -0.2) is 25.7 Å². The molecule has 0 bridgehead atoms. The van der Waals surface area contributed by atoms with E-state index in [1.165, 1.54) is 11.1 Å². The lowest BCUT2D eigenvalue weighted by Crippen LogP contribution is -2.28. The molecule has 0 aliphatic carbocycles. The Hall–Kier alpha value is -2.49. The lowest BCUT2D eigenvalue weighted by molar-refractivity contribution is -0.121. The van der Waals surface area contributed by atoms with E-state index in [4.69, 9.17) is 9.47 Å². The zero-order valence-corrected chi connectivity index (χ0v) is 16.0. The van der Waals surface area contributed by atoms with Crippen LogP contribution in [0.5, 0.6) is 11.5 Å². The Morgan fingerprint density at radius 3 is 2.46 bits per heavy atom. The molecule has 1 amide bonds. The molecule has 0 saturated carbocycles. The molecular weight excluding hydrogens is 326 g/mol. The van der Waals surface area contributed by atoms with Crippen molar-refractivity contribution in [2.45, 2.75) is 39.5 Å². The second-order valence-electron chi connectivity index (χ2n) is 6.66. The Kier molecular flexibility index (Phi) is 8.00. The summed E-state index contributed by atoms with van der Waals surface area (Å²) in [5, 5.41) is 2.89. The second-order valence-corrected chi connectivity index (χ2v) is 6.66. The lowest BCUT2D eigenvalue weighted by Gasteiger charge is -2.14. The van der Waals surface area contributed by atoms with Gasteiger partial charge in [0.2, 0.25) is 5.91 Å². The SMILES string of the molecule is Cc1ccc(OCCCC(=O)NCCOc2ccccc2C(C)C)cc1. The fraction of sp³-hybridized carbons (Fsp3) is 0.409. The number of nitrogens with one attached hydrogen (secondary N) is 1. The highest BCUT2D eigenvalue weighted by molar-refractivity contribution is 5.75. The minimum Gasteiger partial charge on any atom is -0.494 e. The molecule has 4 nitrogen and oxygen atoms in total. The van der Waals surface area contributed by atoms with Gasteiger partial charge in [-0.05, 0) is 43.0 Å². The molecule has 0 radical (unpaired) electrons. The number of rotatable bonds is 10. The first-order valence-corrected chi connectivity index (χ1v) is 9.24. The Bertz CT molecular complexity index is 680. The highest BCUT2D eigenvalue weighted by Crippen LogP contribution is 2.25. The van der Waals surface area contributed by atoms with E-state index in [9.17, 15) is 4.79 Å². The quantitative estimate of drug-likeness (QED) is 0.640. The zero-order valence-electron chi connectivity index (χ0n) is 16.0. The highest BCUT2D eigenvalue weighted by Gasteiger charge is 2.07. The fourth-order valence-electron chi connectivity index (χ4n) is 2.59. The Morgan fingerprint density at radius 2 is 1.73 bits per heavy atom. The summed E-state index contributed by atoms with van der Waals surface area (Å²) in [6.07, 6.45) is 1.14. The first-order chi connectivity index (χ1) is 12.6. The van der Waals surface area contributed by atoms with E-state index in [1.807, 2.05) is 49.4 Å². The molecule has 0 spiro atoms. The van der Waals surface area contributed by atoms with Crippen LogP contribution in [0.3, 0.4) is 0 Å². The molecule has 26 heavy (non-hydrogen) atoms. The molecule has 0 atom stereocenters. The molecule has 0 aromatic heterocycles. The topological polar surface area (TPSA) is 47.6 Å². The molecule has 140 valence electrons. The summed E-state index contributed by atoms with van der Waals surface area (Å²) in [6.45, 7) is 7.83. The summed E-state index contributed by atoms with van der Waals surface area (Å²) in [5.41, 5.74) is 2.39. The minimum atomic E-state index is 0.0262. The number of carbonyl (C=O) groups is 1. The third-order valence-corrected chi connectivity index (χ3v) is 4.06. The van der Waals surface area contributed by atoms with Crippen molar-refractivity contribution in [3.8, 4) is 11.5 Å². The average molecular weight is 355 g/mol. The zero-order chi connectivity index (χ0) is 18.8. The summed E-state index contributed by atoms with van der Waals surface area (Å²) in [6, 6.07) is 15.9. The van der Waals surface area contributed by atoms with Crippen molar-refractivity contribution in [3.63, 3.8) is 0 Å². The Morgan fingerprint density at radius 1 is 1.00 bits per heavy atom. The van der Waals surface area contributed by atoms with Crippen LogP contribution in [0.15, 0.2) is 48.5 Å². The van der Waals surface area contributed by atoms with E-state index >= 15 is 0 Å². The van der Waals surface area contributed by atoms with Crippen molar-refractivity contribution >= 4 is 5.91 Å². The van der Waals surface area contributed by atoms with Crippen molar-refractivity contribution in [2.75, 3.05) is 19.8 Å². The largest absolute Gasteiger partial charge is 0.494 e. The first kappa shape index (κ1) is 19.8. The second kappa shape index (κ2) is 10.5. The first-order valence-electron chi connectivity index (χ1n) is 9.24. The van der Waals surface area contributed by atoms with Gasteiger partial charge in [-0.25, -0.2) is 0 Å². The lowest BCUT2D eigenvalue weighted by atomic mass is 10.0. The van der Waals surface area contributed by atoms with Gasteiger partial charge in [-0.1, -0.05) is 49.7 Å². The number of ether oxygens (including phenoxy) is 2. The smallest absolute Gasteiger partial charge is 0.220 e. The summed E-state index contributed by atoms with van der Waals surface area (Å²) in [4.78, 5) is 11.9. The number of hydrogen-bond donors (Lipinski definition) is 1. The van der Waals surface area contributed by atoms with Gasteiger partial charge in [-0.2, -0.15) is 0 Å². The van der Waals surface area contributed by atoms with Crippen LogP contribution in [0, 0.1) is 6.92 Å². The highest BCUT2D eigenvalue weighted by atomic mass is 16.5. The van der Waals surface area contributed by atoms with Gasteiger partial charge in [0.25, 0.3) is 0 Å². The average Bonchev–Trinajstić information content (AvgIpc) is 2.64. The van der Waals surface area contributed by atoms with Crippen molar-refractivity contribution in [1.82, 2.24) is 5.32 Å². The molecule has 4 heteroatoms. The van der Waals surface area contributed by atoms with Gasteiger partial charge in [0.15, 0.2) is 0 Å². The van der Waals surface area contributed by atoms with Gasteiger partial charge >= 0.3 is 0 Å². The third kappa shape index (κ3) is 6.79. The third-order valence-electron chi connectivity index (χ3n) is 4.06. The van der Waals surface area contributed by atoms with Crippen LogP contribution < -0.4 is 14.8 Å². The van der Waals surface area contributed by atoms with Crippen LogP contribution in [0.4, 0.5) is 0 Å². The van der Waals surface area contributed by atoms with E-state index in [1.54, 1.807) is 0 Å². The maximum absolute atomic E-state index is 11.9. The maximum atomic E-state index is 11.9. The predicted molar refractivity (Wildman–Crippen MR) is 105 cm³/mol. The van der Waals surface area contributed by atoms with Crippen LogP contribution in [-0.2, 0) is 4.79 Å². The maximum Gasteiger partial charge on any atom is 0.220 e. The van der Waals surface area contributed by atoms with E-state index in [0.717, 1.165) is 11.5 Å². The Balaban J connectivity index is 1.58. The number of amides is 1. The molecule has 1 N–H and O–H groups in total. The number of hydrogen-bond acceptors (Lipinski definition) is 3. The molecule has 0 fully saturated rings. The summed E-state index contributed by atoms with van der Waals surface area (Å²) in [7, 11) is 0. The van der Waals surface area contributed by atoms with Gasteiger partial charge in [-0.15, -0.1) is 0 Å². The Labute approximate surface area is 156 Å². The van der Waals surface area contributed by atoms with Crippen LogP contribution >= 0.6 is 0 Å². The summed E-state index contributed by atoms with van der Waals surface area (Å²) >= 11 is 0. The van der Waals surface area contributed by atoms with Crippen LogP contribution in [0.25, 0.3) is 0 Å². The summed E-state index contributed by atoms with van der Waals surface area (Å²) < 4.78 is 11.4. The number of carbonyl (C=O) groups excluding carboxylic acids is 1. The normalized spacial score (nSPS) is 10.6. The van der Waals surface area contributed by atoms with Crippen molar-refractivity contribution in [2.24, 2.45) is 0 Å². The number of aryl methyl sites for hydroxylation is 1. The van der Waals surface area contributed by atoms with Crippen molar-refractivity contribution < 1.29 is 14.3 Å². The van der Waals surface area contributed by atoms with Crippen LogP contribution in [0.1, 0.15) is 43.7 Å². The molecule has 0 aliphatic heterocycles. The van der Waals surface area contributed by atoms with Gasteiger partial charge in [-0.3, -0.25) is 4.79 Å².